The smallest absolute Gasteiger partial charge is 0.255 e. The Hall–Kier alpha value is -3.54. The molecule has 2 aromatic carbocycles. The fraction of sp³-hybridized carbons (Fsp3) is 0.143. The largest absolute Gasteiger partial charge is 0.497 e. The number of aromatic nitrogens is 1. The van der Waals surface area contributed by atoms with Crippen LogP contribution in [0.3, 0.4) is 0 Å². The molecule has 1 heterocycles. The number of hydrogen-bond acceptors (Lipinski definition) is 5. The van der Waals surface area contributed by atoms with Crippen molar-refractivity contribution in [1.29, 1.82) is 0 Å². The van der Waals surface area contributed by atoms with Crippen molar-refractivity contribution in [2.45, 2.75) is 6.92 Å². The van der Waals surface area contributed by atoms with Gasteiger partial charge in [-0.1, -0.05) is 12.1 Å². The van der Waals surface area contributed by atoms with E-state index in [-0.39, 0.29) is 5.91 Å². The molecule has 1 aromatic heterocycles. The van der Waals surface area contributed by atoms with Crippen LogP contribution in [0.5, 0.6) is 23.1 Å². The number of pyridine rings is 1. The zero-order valence-electron chi connectivity index (χ0n) is 15.4. The number of anilines is 1. The van der Waals surface area contributed by atoms with Crippen LogP contribution in [0.4, 0.5) is 5.69 Å². The Kier molecular flexibility index (Phi) is 5.56. The van der Waals surface area contributed by atoms with E-state index in [1.807, 2.05) is 25.1 Å². The molecule has 0 fully saturated rings. The lowest BCUT2D eigenvalue weighted by Crippen LogP contribution is -2.12. The summed E-state index contributed by atoms with van der Waals surface area (Å²) in [6.07, 6.45) is 1.54. The van der Waals surface area contributed by atoms with Gasteiger partial charge in [0, 0.05) is 11.6 Å². The number of rotatable bonds is 6. The van der Waals surface area contributed by atoms with Gasteiger partial charge in [0.05, 0.1) is 26.1 Å². The lowest BCUT2D eigenvalue weighted by atomic mass is 10.2. The van der Waals surface area contributed by atoms with E-state index in [0.717, 1.165) is 5.56 Å². The van der Waals surface area contributed by atoms with E-state index in [9.17, 15) is 4.79 Å². The molecular weight excluding hydrogens is 344 g/mol. The van der Waals surface area contributed by atoms with Gasteiger partial charge in [-0.2, -0.15) is 0 Å². The van der Waals surface area contributed by atoms with Crippen molar-refractivity contribution >= 4 is 11.6 Å². The molecule has 3 rings (SSSR count). The fourth-order valence-corrected chi connectivity index (χ4v) is 2.45. The van der Waals surface area contributed by atoms with Gasteiger partial charge in [-0.15, -0.1) is 0 Å². The van der Waals surface area contributed by atoms with Gasteiger partial charge in [0.15, 0.2) is 11.5 Å². The number of nitrogens with zero attached hydrogens (tertiary/aromatic N) is 1. The van der Waals surface area contributed by atoms with Gasteiger partial charge < -0.3 is 19.5 Å². The molecule has 138 valence electrons. The highest BCUT2D eigenvalue weighted by Crippen LogP contribution is 2.31. The van der Waals surface area contributed by atoms with Crippen molar-refractivity contribution < 1.29 is 19.0 Å². The highest BCUT2D eigenvalue weighted by Gasteiger charge is 2.09. The molecule has 3 aromatic rings. The number of hydrogen-bond donors (Lipinski definition) is 1. The van der Waals surface area contributed by atoms with Crippen LogP contribution in [0.1, 0.15) is 15.9 Å². The van der Waals surface area contributed by atoms with Crippen molar-refractivity contribution in [3.63, 3.8) is 0 Å². The summed E-state index contributed by atoms with van der Waals surface area (Å²) < 4.78 is 16.2. The standard InChI is InChI=1S/C21H20N2O4/c1-14-7-9-18(19(11-14)26-3)27-20-10-8-16(13-22-20)23-21(24)15-5-4-6-17(12-15)25-2/h4-13H,1-3H3,(H,23,24). The number of nitrogens with one attached hydrogen (secondary N) is 1. The van der Waals surface area contributed by atoms with E-state index in [0.29, 0.717) is 34.4 Å². The van der Waals surface area contributed by atoms with Gasteiger partial charge in [0.2, 0.25) is 5.88 Å². The van der Waals surface area contributed by atoms with Crippen LogP contribution < -0.4 is 19.5 Å². The molecule has 0 saturated heterocycles. The maximum absolute atomic E-state index is 12.3. The van der Waals surface area contributed by atoms with Crippen LogP contribution in [0.2, 0.25) is 0 Å². The number of methoxy groups -OCH3 is 2. The van der Waals surface area contributed by atoms with Crippen LogP contribution in [0.15, 0.2) is 60.8 Å². The second-order valence-corrected chi connectivity index (χ2v) is 5.83. The normalized spacial score (nSPS) is 10.2. The van der Waals surface area contributed by atoms with Gasteiger partial charge in [0.25, 0.3) is 5.91 Å². The van der Waals surface area contributed by atoms with Gasteiger partial charge >= 0.3 is 0 Å². The molecule has 0 bridgehead atoms. The van der Waals surface area contributed by atoms with Gasteiger partial charge in [-0.3, -0.25) is 4.79 Å². The van der Waals surface area contributed by atoms with Crippen LogP contribution in [-0.4, -0.2) is 25.1 Å². The predicted molar refractivity (Wildman–Crippen MR) is 103 cm³/mol. The molecule has 6 nitrogen and oxygen atoms in total. The van der Waals surface area contributed by atoms with Crippen LogP contribution in [0, 0.1) is 6.92 Å². The Labute approximate surface area is 157 Å². The number of benzene rings is 2. The van der Waals surface area contributed by atoms with Crippen LogP contribution >= 0.6 is 0 Å². The molecule has 0 aliphatic heterocycles. The summed E-state index contributed by atoms with van der Waals surface area (Å²) in [6, 6.07) is 16.0. The summed E-state index contributed by atoms with van der Waals surface area (Å²) in [4.78, 5) is 16.6. The molecule has 0 aliphatic rings. The van der Waals surface area contributed by atoms with Crippen molar-refractivity contribution in [1.82, 2.24) is 4.98 Å². The molecule has 0 radical (unpaired) electrons. The quantitative estimate of drug-likeness (QED) is 0.700. The van der Waals surface area contributed by atoms with Crippen LogP contribution in [-0.2, 0) is 0 Å². The molecule has 6 heteroatoms. The monoisotopic (exact) mass is 364 g/mol. The molecule has 0 aliphatic carbocycles. The van der Waals surface area contributed by atoms with Crippen LogP contribution in [0.25, 0.3) is 0 Å². The summed E-state index contributed by atoms with van der Waals surface area (Å²) in [7, 11) is 3.15. The number of ether oxygens (including phenoxy) is 3. The van der Waals surface area contributed by atoms with Gasteiger partial charge in [-0.25, -0.2) is 4.98 Å². The molecule has 1 amide bonds. The highest BCUT2D eigenvalue weighted by molar-refractivity contribution is 6.04. The minimum Gasteiger partial charge on any atom is -0.497 e. The van der Waals surface area contributed by atoms with Gasteiger partial charge in [0.1, 0.15) is 5.75 Å². The fourth-order valence-electron chi connectivity index (χ4n) is 2.45. The summed E-state index contributed by atoms with van der Waals surface area (Å²) in [6.45, 7) is 1.98. The van der Waals surface area contributed by atoms with Crippen molar-refractivity contribution in [2.24, 2.45) is 0 Å². The average molecular weight is 364 g/mol. The second kappa shape index (κ2) is 8.23. The second-order valence-electron chi connectivity index (χ2n) is 5.83. The lowest BCUT2D eigenvalue weighted by Gasteiger charge is -2.11. The minimum atomic E-state index is -0.246. The van der Waals surface area contributed by atoms with Gasteiger partial charge in [-0.05, 0) is 48.9 Å². The van der Waals surface area contributed by atoms with Crippen molar-refractivity contribution in [3.05, 3.63) is 71.9 Å². The van der Waals surface area contributed by atoms with E-state index < -0.39 is 0 Å². The lowest BCUT2D eigenvalue weighted by molar-refractivity contribution is 0.102. The molecule has 0 saturated carbocycles. The topological polar surface area (TPSA) is 69.7 Å². The van der Waals surface area contributed by atoms with E-state index in [4.69, 9.17) is 14.2 Å². The summed E-state index contributed by atoms with van der Waals surface area (Å²) >= 11 is 0. The molecule has 27 heavy (non-hydrogen) atoms. The Morgan fingerprint density at radius 3 is 2.52 bits per heavy atom. The Morgan fingerprint density at radius 2 is 1.81 bits per heavy atom. The van der Waals surface area contributed by atoms with E-state index in [1.54, 1.807) is 50.6 Å². The zero-order chi connectivity index (χ0) is 19.2. The summed E-state index contributed by atoms with van der Waals surface area (Å²) in [5.41, 5.74) is 2.13. The summed E-state index contributed by atoms with van der Waals surface area (Å²) in [5.74, 6) is 1.98. The molecule has 0 atom stereocenters. The van der Waals surface area contributed by atoms with E-state index >= 15 is 0 Å². The maximum Gasteiger partial charge on any atom is 0.255 e. The number of amides is 1. The third-order valence-electron chi connectivity index (χ3n) is 3.86. The number of aryl methyl sites for hydroxylation is 1. The van der Waals surface area contributed by atoms with E-state index in [2.05, 4.69) is 10.3 Å². The molecule has 0 unspecified atom stereocenters. The Balaban J connectivity index is 1.69. The Morgan fingerprint density at radius 1 is 0.963 bits per heavy atom. The Bertz CT molecular complexity index is 939. The van der Waals surface area contributed by atoms with E-state index in [1.165, 1.54) is 6.20 Å². The number of carbonyl (C=O) groups excluding carboxylic acids is 1. The van der Waals surface area contributed by atoms with Crippen molar-refractivity contribution in [3.8, 4) is 23.1 Å². The highest BCUT2D eigenvalue weighted by atomic mass is 16.5. The molecule has 0 spiro atoms. The first-order valence-electron chi connectivity index (χ1n) is 8.33. The molecule has 1 N–H and O–H groups in total. The maximum atomic E-state index is 12.3. The number of carbonyl (C=O) groups is 1. The predicted octanol–water partition coefficient (Wildman–Crippen LogP) is 4.45. The summed E-state index contributed by atoms with van der Waals surface area (Å²) in [5, 5.41) is 2.79. The third kappa shape index (κ3) is 4.55. The third-order valence-corrected chi connectivity index (χ3v) is 3.86. The first kappa shape index (κ1) is 18.3. The zero-order valence-corrected chi connectivity index (χ0v) is 15.4. The minimum absolute atomic E-state index is 0.246. The SMILES string of the molecule is COc1cccc(C(=O)Nc2ccc(Oc3ccc(C)cc3OC)nc2)c1. The molecular formula is C21H20N2O4. The van der Waals surface area contributed by atoms with Crippen molar-refractivity contribution in [2.75, 3.05) is 19.5 Å². The first-order chi connectivity index (χ1) is 13.1. The first-order valence-corrected chi connectivity index (χ1v) is 8.33. The average Bonchev–Trinajstić information content (AvgIpc) is 2.70.